The lowest BCUT2D eigenvalue weighted by Crippen LogP contribution is -2.30. The van der Waals surface area contributed by atoms with Crippen LogP contribution in [0.4, 0.5) is 5.82 Å². The van der Waals surface area contributed by atoms with Gasteiger partial charge in [0.1, 0.15) is 0 Å². The monoisotopic (exact) mass is 333 g/mol. The molecule has 0 aliphatic rings. The Bertz CT molecular complexity index is 617. The van der Waals surface area contributed by atoms with Gasteiger partial charge in [0, 0.05) is 23.4 Å². The number of thioether (sulfide) groups is 1. The maximum Gasteiger partial charge on any atom is 0.174 e. The first-order chi connectivity index (χ1) is 10.7. The van der Waals surface area contributed by atoms with Crippen LogP contribution >= 0.6 is 24.0 Å². The molecule has 0 amide bonds. The van der Waals surface area contributed by atoms with Crippen molar-refractivity contribution in [1.29, 1.82) is 0 Å². The van der Waals surface area contributed by atoms with Gasteiger partial charge < -0.3 is 15.4 Å². The van der Waals surface area contributed by atoms with Crippen LogP contribution in [-0.4, -0.2) is 29.5 Å². The summed E-state index contributed by atoms with van der Waals surface area (Å²) in [4.78, 5) is 5.47. The summed E-state index contributed by atoms with van der Waals surface area (Å²) in [6, 6.07) is 12.2. The van der Waals surface area contributed by atoms with Crippen molar-refractivity contribution in [2.24, 2.45) is 0 Å². The second-order valence-electron chi connectivity index (χ2n) is 4.60. The average molecular weight is 333 g/mol. The van der Waals surface area contributed by atoms with Gasteiger partial charge >= 0.3 is 0 Å². The van der Waals surface area contributed by atoms with Crippen LogP contribution in [0.1, 0.15) is 5.56 Å². The number of anilines is 1. The van der Waals surface area contributed by atoms with E-state index in [2.05, 4.69) is 46.8 Å². The molecule has 6 heteroatoms. The molecule has 4 nitrogen and oxygen atoms in total. The summed E-state index contributed by atoms with van der Waals surface area (Å²) in [5.74, 6) is 2.22. The van der Waals surface area contributed by atoms with Crippen LogP contribution in [0.25, 0.3) is 0 Å². The third-order valence-electron chi connectivity index (χ3n) is 2.90. The second kappa shape index (κ2) is 8.60. The molecular weight excluding hydrogens is 314 g/mol. The molecule has 1 aromatic heterocycles. The van der Waals surface area contributed by atoms with E-state index in [4.69, 9.17) is 17.0 Å². The molecule has 116 valence electrons. The van der Waals surface area contributed by atoms with E-state index in [1.807, 2.05) is 12.1 Å². The van der Waals surface area contributed by atoms with E-state index in [-0.39, 0.29) is 0 Å². The third kappa shape index (κ3) is 5.20. The highest BCUT2D eigenvalue weighted by Gasteiger charge is 2.04. The quantitative estimate of drug-likeness (QED) is 0.479. The number of aromatic nitrogens is 1. The Kier molecular flexibility index (Phi) is 6.48. The van der Waals surface area contributed by atoms with Gasteiger partial charge in [0.15, 0.2) is 16.7 Å². The van der Waals surface area contributed by atoms with Crippen LogP contribution in [0.15, 0.2) is 47.5 Å². The smallest absolute Gasteiger partial charge is 0.174 e. The van der Waals surface area contributed by atoms with Crippen molar-refractivity contribution in [3.8, 4) is 5.75 Å². The maximum absolute atomic E-state index is 5.26. The number of nitrogens with one attached hydrogen (secondary N) is 2. The lowest BCUT2D eigenvalue weighted by atomic mass is 10.2. The van der Waals surface area contributed by atoms with Crippen LogP contribution < -0.4 is 15.4 Å². The highest BCUT2D eigenvalue weighted by molar-refractivity contribution is 7.99. The summed E-state index contributed by atoms with van der Waals surface area (Å²) in [5.41, 5.74) is 1.28. The molecule has 0 fully saturated rings. The van der Waals surface area contributed by atoms with Crippen LogP contribution in [0.3, 0.4) is 0 Å². The molecule has 0 aliphatic heterocycles. The van der Waals surface area contributed by atoms with Crippen molar-refractivity contribution < 1.29 is 4.74 Å². The number of ether oxygens (including phenoxy) is 1. The van der Waals surface area contributed by atoms with E-state index in [9.17, 15) is 0 Å². The number of rotatable bonds is 6. The molecule has 0 unspecified atom stereocenters. The van der Waals surface area contributed by atoms with Gasteiger partial charge in [0.2, 0.25) is 0 Å². The SMILES string of the molecule is COc1cccnc1NC(=S)NCCSc1ccc(C)cc1. The van der Waals surface area contributed by atoms with E-state index < -0.39 is 0 Å². The van der Waals surface area contributed by atoms with Gasteiger partial charge in [0.25, 0.3) is 0 Å². The molecule has 0 spiro atoms. The number of hydrogen-bond acceptors (Lipinski definition) is 4. The van der Waals surface area contributed by atoms with Crippen LogP contribution in [0, 0.1) is 6.92 Å². The molecule has 0 radical (unpaired) electrons. The Morgan fingerprint density at radius 2 is 2.05 bits per heavy atom. The van der Waals surface area contributed by atoms with Crippen molar-refractivity contribution >= 4 is 34.9 Å². The van der Waals surface area contributed by atoms with Crippen molar-refractivity contribution in [1.82, 2.24) is 10.3 Å². The Labute approximate surface area is 140 Å². The number of benzene rings is 1. The van der Waals surface area contributed by atoms with Gasteiger partial charge in [-0.3, -0.25) is 0 Å². The molecule has 1 aromatic carbocycles. The lowest BCUT2D eigenvalue weighted by Gasteiger charge is -2.12. The zero-order valence-electron chi connectivity index (χ0n) is 12.6. The molecule has 0 bridgehead atoms. The van der Waals surface area contributed by atoms with E-state index in [0.29, 0.717) is 16.7 Å². The number of nitrogens with zero attached hydrogens (tertiary/aromatic N) is 1. The summed E-state index contributed by atoms with van der Waals surface area (Å²) in [7, 11) is 1.61. The Morgan fingerprint density at radius 3 is 2.77 bits per heavy atom. The minimum absolute atomic E-state index is 0.543. The topological polar surface area (TPSA) is 46.2 Å². The summed E-state index contributed by atoms with van der Waals surface area (Å²) in [6.07, 6.45) is 1.70. The number of thiocarbonyl (C=S) groups is 1. The molecular formula is C16H19N3OS2. The highest BCUT2D eigenvalue weighted by Crippen LogP contribution is 2.20. The van der Waals surface area contributed by atoms with Gasteiger partial charge in [-0.25, -0.2) is 4.98 Å². The molecule has 0 aliphatic carbocycles. The largest absolute Gasteiger partial charge is 0.493 e. The number of methoxy groups -OCH3 is 1. The Morgan fingerprint density at radius 1 is 1.27 bits per heavy atom. The molecule has 0 saturated carbocycles. The fourth-order valence-corrected chi connectivity index (χ4v) is 2.74. The molecule has 0 saturated heterocycles. The average Bonchev–Trinajstić information content (AvgIpc) is 2.54. The maximum atomic E-state index is 5.26. The summed E-state index contributed by atoms with van der Waals surface area (Å²) >= 11 is 7.06. The normalized spacial score (nSPS) is 10.1. The first-order valence-corrected chi connectivity index (χ1v) is 8.32. The zero-order valence-corrected chi connectivity index (χ0v) is 14.3. The zero-order chi connectivity index (χ0) is 15.8. The highest BCUT2D eigenvalue weighted by atomic mass is 32.2. The standard InChI is InChI=1S/C16H19N3OS2/c1-12-5-7-13(8-6-12)22-11-10-18-16(21)19-15-14(20-2)4-3-9-17-15/h3-9H,10-11H2,1-2H3,(H2,17,18,19,21). The first-order valence-electron chi connectivity index (χ1n) is 6.92. The van der Waals surface area contributed by atoms with Crippen LogP contribution in [-0.2, 0) is 0 Å². The first kappa shape index (κ1) is 16.6. The summed E-state index contributed by atoms with van der Waals surface area (Å²) in [6.45, 7) is 2.87. The van der Waals surface area contributed by atoms with Crippen LogP contribution in [0.5, 0.6) is 5.75 Å². The van der Waals surface area contributed by atoms with E-state index in [0.717, 1.165) is 12.3 Å². The van der Waals surface area contributed by atoms with E-state index in [1.54, 1.807) is 25.1 Å². The fourth-order valence-electron chi connectivity index (χ4n) is 1.77. The molecule has 0 atom stereocenters. The van der Waals surface area contributed by atoms with Crippen molar-refractivity contribution in [3.05, 3.63) is 48.2 Å². The Hall–Kier alpha value is -1.79. The molecule has 1 heterocycles. The van der Waals surface area contributed by atoms with Crippen molar-refractivity contribution in [2.45, 2.75) is 11.8 Å². The van der Waals surface area contributed by atoms with Crippen molar-refractivity contribution in [3.63, 3.8) is 0 Å². The number of pyridine rings is 1. The Balaban J connectivity index is 1.72. The summed E-state index contributed by atoms with van der Waals surface area (Å²) in [5, 5.41) is 6.75. The van der Waals surface area contributed by atoms with Gasteiger partial charge in [-0.05, 0) is 43.4 Å². The van der Waals surface area contributed by atoms with E-state index in [1.165, 1.54) is 10.5 Å². The van der Waals surface area contributed by atoms with Crippen LogP contribution in [0.2, 0.25) is 0 Å². The molecule has 22 heavy (non-hydrogen) atoms. The fraction of sp³-hybridized carbons (Fsp3) is 0.250. The second-order valence-corrected chi connectivity index (χ2v) is 6.17. The third-order valence-corrected chi connectivity index (χ3v) is 4.16. The van der Waals surface area contributed by atoms with Gasteiger partial charge in [0.05, 0.1) is 7.11 Å². The molecule has 2 aromatic rings. The molecule has 2 N–H and O–H groups in total. The van der Waals surface area contributed by atoms with Gasteiger partial charge in [-0.1, -0.05) is 17.7 Å². The van der Waals surface area contributed by atoms with Gasteiger partial charge in [-0.15, -0.1) is 11.8 Å². The minimum Gasteiger partial charge on any atom is -0.493 e. The predicted octanol–water partition coefficient (Wildman–Crippen LogP) is 3.48. The molecule has 2 rings (SSSR count). The minimum atomic E-state index is 0.543. The number of aryl methyl sites for hydroxylation is 1. The number of hydrogen-bond donors (Lipinski definition) is 2. The predicted molar refractivity (Wildman–Crippen MR) is 96.9 cm³/mol. The lowest BCUT2D eigenvalue weighted by molar-refractivity contribution is 0.415. The summed E-state index contributed by atoms with van der Waals surface area (Å²) < 4.78 is 5.22. The van der Waals surface area contributed by atoms with Gasteiger partial charge in [-0.2, -0.15) is 0 Å². The van der Waals surface area contributed by atoms with Crippen molar-refractivity contribution in [2.75, 3.05) is 24.7 Å². The van der Waals surface area contributed by atoms with E-state index >= 15 is 0 Å².